The highest BCUT2D eigenvalue weighted by atomic mass is 35.5. The fraction of sp³-hybridized carbons (Fsp3) is 0.417. The van der Waals surface area contributed by atoms with Crippen LogP contribution in [0.1, 0.15) is 12.8 Å². The molecule has 0 radical (unpaired) electrons. The second-order valence-corrected chi connectivity index (χ2v) is 9.78. The molecule has 0 spiro atoms. The average molecular weight is 499 g/mol. The average Bonchev–Trinajstić information content (AvgIpc) is 3.54. The van der Waals surface area contributed by atoms with Gasteiger partial charge in [0, 0.05) is 49.6 Å². The molecule has 8 nitrogen and oxygen atoms in total. The Hall–Kier alpha value is -2.62. The number of anilines is 1. The maximum absolute atomic E-state index is 13.0. The monoisotopic (exact) mass is 498 g/mol. The number of carbonyl (C=O) groups is 1. The van der Waals surface area contributed by atoms with Crippen molar-refractivity contribution >= 4 is 35.1 Å². The maximum atomic E-state index is 13.0. The molecular weight excluding hydrogens is 472 g/mol. The molecule has 0 saturated carbocycles. The van der Waals surface area contributed by atoms with E-state index in [2.05, 4.69) is 24.6 Å². The van der Waals surface area contributed by atoms with Crippen molar-refractivity contribution in [2.75, 3.05) is 43.4 Å². The smallest absolute Gasteiger partial charge is 0.233 e. The minimum Gasteiger partial charge on any atom is -0.376 e. The van der Waals surface area contributed by atoms with Crippen LogP contribution in [0.5, 0.6) is 0 Å². The van der Waals surface area contributed by atoms with Crippen LogP contribution in [-0.4, -0.2) is 75.2 Å². The molecule has 0 N–H and O–H groups in total. The van der Waals surface area contributed by atoms with E-state index < -0.39 is 0 Å². The fourth-order valence-electron chi connectivity index (χ4n) is 4.31. The Labute approximate surface area is 208 Å². The number of thioether (sulfide) groups is 1. The molecule has 2 fully saturated rings. The molecule has 0 bridgehead atoms. The fourth-order valence-corrected chi connectivity index (χ4v) is 5.28. The second-order valence-electron chi connectivity index (χ2n) is 8.40. The summed E-state index contributed by atoms with van der Waals surface area (Å²) in [6, 6.07) is 13.5. The Balaban J connectivity index is 1.24. The van der Waals surface area contributed by atoms with Crippen molar-refractivity contribution in [2.24, 2.45) is 0 Å². The lowest BCUT2D eigenvalue weighted by atomic mass is 10.2. The number of ether oxygens (including phenoxy) is 1. The van der Waals surface area contributed by atoms with E-state index in [0.717, 1.165) is 54.9 Å². The van der Waals surface area contributed by atoms with Gasteiger partial charge in [-0.25, -0.2) is 4.98 Å². The Morgan fingerprint density at radius 1 is 1.09 bits per heavy atom. The van der Waals surface area contributed by atoms with E-state index in [4.69, 9.17) is 16.3 Å². The van der Waals surface area contributed by atoms with Gasteiger partial charge in [-0.3, -0.25) is 9.36 Å². The van der Waals surface area contributed by atoms with Gasteiger partial charge in [0.25, 0.3) is 0 Å². The molecular formula is C24H27ClN6O2S. The lowest BCUT2D eigenvalue weighted by Gasteiger charge is -2.35. The number of amides is 1. The summed E-state index contributed by atoms with van der Waals surface area (Å²) < 4.78 is 7.95. The molecule has 0 aliphatic carbocycles. The van der Waals surface area contributed by atoms with Crippen molar-refractivity contribution in [3.05, 3.63) is 53.7 Å². The predicted octanol–water partition coefficient (Wildman–Crippen LogP) is 3.61. The zero-order valence-electron chi connectivity index (χ0n) is 18.8. The highest BCUT2D eigenvalue weighted by Crippen LogP contribution is 2.27. The SMILES string of the molecule is O=C(CSc1nnc(-c2ccc(Cl)cc2)n1C[C@@H]1CCCO1)N1CCN(c2ccccn2)CC1. The first kappa shape index (κ1) is 23.1. The molecule has 4 heterocycles. The molecule has 1 atom stereocenters. The minimum absolute atomic E-state index is 0.116. The van der Waals surface area contributed by atoms with Crippen LogP contribution in [0.2, 0.25) is 5.02 Å². The maximum Gasteiger partial charge on any atom is 0.233 e. The first-order valence-electron chi connectivity index (χ1n) is 11.5. The van der Waals surface area contributed by atoms with E-state index in [1.165, 1.54) is 11.8 Å². The Bertz CT molecular complexity index is 1100. The normalized spacial score (nSPS) is 18.4. The second kappa shape index (κ2) is 10.8. The lowest BCUT2D eigenvalue weighted by Crippen LogP contribution is -2.49. The van der Waals surface area contributed by atoms with Crippen LogP contribution < -0.4 is 4.90 Å². The predicted molar refractivity (Wildman–Crippen MR) is 133 cm³/mol. The van der Waals surface area contributed by atoms with Crippen molar-refractivity contribution in [1.82, 2.24) is 24.6 Å². The summed E-state index contributed by atoms with van der Waals surface area (Å²) in [5.41, 5.74) is 0.943. The van der Waals surface area contributed by atoms with Gasteiger partial charge in [0.15, 0.2) is 11.0 Å². The number of hydrogen-bond acceptors (Lipinski definition) is 7. The van der Waals surface area contributed by atoms with Crippen LogP contribution in [0.25, 0.3) is 11.4 Å². The van der Waals surface area contributed by atoms with Crippen LogP contribution in [0, 0.1) is 0 Å². The van der Waals surface area contributed by atoms with E-state index in [-0.39, 0.29) is 12.0 Å². The molecule has 0 unspecified atom stereocenters. The Kier molecular flexibility index (Phi) is 7.32. The van der Waals surface area contributed by atoms with Gasteiger partial charge >= 0.3 is 0 Å². The number of aromatic nitrogens is 4. The summed E-state index contributed by atoms with van der Waals surface area (Å²) in [5, 5.41) is 10.3. The van der Waals surface area contributed by atoms with Crippen LogP contribution in [0.4, 0.5) is 5.82 Å². The molecule has 1 amide bonds. The zero-order chi connectivity index (χ0) is 23.3. The lowest BCUT2D eigenvalue weighted by molar-refractivity contribution is -0.128. The van der Waals surface area contributed by atoms with E-state index in [9.17, 15) is 4.79 Å². The first-order valence-corrected chi connectivity index (χ1v) is 12.9. The Morgan fingerprint density at radius 2 is 1.91 bits per heavy atom. The molecule has 2 aliphatic rings. The number of benzene rings is 1. The molecule has 34 heavy (non-hydrogen) atoms. The number of halogens is 1. The molecule has 1 aromatic carbocycles. The zero-order valence-corrected chi connectivity index (χ0v) is 20.4. The van der Waals surface area contributed by atoms with Gasteiger partial charge in [-0.2, -0.15) is 0 Å². The van der Waals surface area contributed by atoms with Gasteiger partial charge in [0.05, 0.1) is 18.4 Å². The van der Waals surface area contributed by atoms with Gasteiger partial charge in [-0.15, -0.1) is 10.2 Å². The molecule has 10 heteroatoms. The highest BCUT2D eigenvalue weighted by molar-refractivity contribution is 7.99. The molecule has 2 aromatic heterocycles. The quantitative estimate of drug-likeness (QED) is 0.460. The summed E-state index contributed by atoms with van der Waals surface area (Å²) in [5.74, 6) is 2.17. The van der Waals surface area contributed by atoms with Gasteiger partial charge in [0.2, 0.25) is 5.91 Å². The van der Waals surface area contributed by atoms with Gasteiger partial charge in [0.1, 0.15) is 5.82 Å². The number of nitrogens with zero attached hydrogens (tertiary/aromatic N) is 6. The summed E-state index contributed by atoms with van der Waals surface area (Å²) in [6.45, 7) is 4.40. The molecule has 2 saturated heterocycles. The highest BCUT2D eigenvalue weighted by Gasteiger charge is 2.25. The third-order valence-corrected chi connectivity index (χ3v) is 7.36. The van der Waals surface area contributed by atoms with Crippen molar-refractivity contribution < 1.29 is 9.53 Å². The van der Waals surface area contributed by atoms with E-state index in [1.807, 2.05) is 47.4 Å². The van der Waals surface area contributed by atoms with Crippen LogP contribution in [0.15, 0.2) is 53.8 Å². The molecule has 3 aromatic rings. The first-order chi connectivity index (χ1) is 16.7. The van der Waals surface area contributed by atoms with Crippen molar-refractivity contribution in [2.45, 2.75) is 30.6 Å². The van der Waals surface area contributed by atoms with Crippen molar-refractivity contribution in [1.29, 1.82) is 0 Å². The third kappa shape index (κ3) is 5.37. The number of pyridine rings is 1. The Morgan fingerprint density at radius 3 is 2.62 bits per heavy atom. The number of piperazine rings is 1. The van der Waals surface area contributed by atoms with Crippen LogP contribution in [-0.2, 0) is 16.1 Å². The topological polar surface area (TPSA) is 76.4 Å². The van der Waals surface area contributed by atoms with E-state index in [0.29, 0.717) is 30.4 Å². The number of carbonyl (C=O) groups excluding carboxylic acids is 1. The molecule has 178 valence electrons. The van der Waals surface area contributed by atoms with E-state index in [1.54, 1.807) is 6.20 Å². The third-order valence-electron chi connectivity index (χ3n) is 6.16. The summed E-state index contributed by atoms with van der Waals surface area (Å²) in [4.78, 5) is 21.5. The van der Waals surface area contributed by atoms with Gasteiger partial charge < -0.3 is 14.5 Å². The summed E-state index contributed by atoms with van der Waals surface area (Å²) >= 11 is 7.51. The molecule has 2 aliphatic heterocycles. The summed E-state index contributed by atoms with van der Waals surface area (Å²) in [7, 11) is 0. The molecule has 5 rings (SSSR count). The van der Waals surface area contributed by atoms with Crippen LogP contribution in [0.3, 0.4) is 0 Å². The minimum atomic E-state index is 0.116. The summed E-state index contributed by atoms with van der Waals surface area (Å²) in [6.07, 6.45) is 4.02. The van der Waals surface area contributed by atoms with Crippen molar-refractivity contribution in [3.8, 4) is 11.4 Å². The standard InChI is InChI=1S/C24H27ClN6O2S/c25-19-8-6-18(7-9-19)23-27-28-24(31(23)16-20-4-3-15-33-20)34-17-22(32)30-13-11-29(12-14-30)21-5-1-2-10-26-21/h1-2,5-10,20H,3-4,11-17H2/t20-/m0/s1. The van der Waals surface area contributed by atoms with E-state index >= 15 is 0 Å². The van der Waals surface area contributed by atoms with Gasteiger partial charge in [-0.05, 0) is 49.2 Å². The van der Waals surface area contributed by atoms with Crippen LogP contribution >= 0.6 is 23.4 Å². The number of hydrogen-bond donors (Lipinski definition) is 0. The van der Waals surface area contributed by atoms with Crippen molar-refractivity contribution in [3.63, 3.8) is 0 Å². The number of rotatable bonds is 7. The van der Waals surface area contributed by atoms with Gasteiger partial charge in [-0.1, -0.05) is 29.4 Å². The largest absolute Gasteiger partial charge is 0.376 e.